The molecule has 2 atom stereocenters. The minimum atomic E-state index is 0.514. The maximum atomic E-state index is 4.60. The van der Waals surface area contributed by atoms with Gasteiger partial charge in [0, 0.05) is 18.3 Å². The molecule has 16 heavy (non-hydrogen) atoms. The molecule has 0 fully saturated rings. The third kappa shape index (κ3) is 3.97. The maximum Gasteiger partial charge on any atom is 0.0625 e. The highest BCUT2D eigenvalue weighted by molar-refractivity contribution is 5.00. The Hall–Kier alpha value is -0.830. The van der Waals surface area contributed by atoms with Gasteiger partial charge in [-0.25, -0.2) is 0 Å². The zero-order chi connectivity index (χ0) is 12.0. The van der Waals surface area contributed by atoms with Crippen molar-refractivity contribution in [1.29, 1.82) is 0 Å². The van der Waals surface area contributed by atoms with Crippen LogP contribution < -0.4 is 5.32 Å². The van der Waals surface area contributed by atoms with Crippen molar-refractivity contribution in [2.45, 2.75) is 59.0 Å². The summed E-state index contributed by atoms with van der Waals surface area (Å²) in [6.07, 6.45) is 5.46. The van der Waals surface area contributed by atoms with E-state index in [1.807, 2.05) is 0 Å². The third-order valence-electron chi connectivity index (χ3n) is 3.09. The summed E-state index contributed by atoms with van der Waals surface area (Å²) in [6, 6.07) is 3.24. The van der Waals surface area contributed by atoms with E-state index in [0.29, 0.717) is 12.1 Å². The molecule has 1 heterocycles. The third-order valence-corrected chi connectivity index (χ3v) is 3.09. The highest BCUT2D eigenvalue weighted by Gasteiger charge is 2.06. The average Bonchev–Trinajstić information content (AvgIpc) is 2.74. The Morgan fingerprint density at radius 3 is 2.75 bits per heavy atom. The average molecular weight is 223 g/mol. The Bertz CT molecular complexity index is 293. The van der Waals surface area contributed by atoms with Crippen molar-refractivity contribution in [2.24, 2.45) is 0 Å². The molecule has 3 nitrogen and oxygen atoms in total. The van der Waals surface area contributed by atoms with Gasteiger partial charge in [-0.1, -0.05) is 13.8 Å². The van der Waals surface area contributed by atoms with Crippen molar-refractivity contribution in [3.05, 3.63) is 18.0 Å². The molecule has 1 rings (SSSR count). The van der Waals surface area contributed by atoms with Crippen LogP contribution in [0.2, 0.25) is 0 Å². The van der Waals surface area contributed by atoms with Crippen molar-refractivity contribution < 1.29 is 0 Å². The van der Waals surface area contributed by atoms with Gasteiger partial charge in [0.1, 0.15) is 0 Å². The van der Waals surface area contributed by atoms with Gasteiger partial charge < -0.3 is 5.32 Å². The first-order valence-corrected chi connectivity index (χ1v) is 6.44. The normalized spacial score (nSPS) is 15.0. The van der Waals surface area contributed by atoms with E-state index in [1.54, 1.807) is 0 Å². The summed E-state index contributed by atoms with van der Waals surface area (Å²) in [5.41, 5.74) is 1.21. The Morgan fingerprint density at radius 1 is 1.38 bits per heavy atom. The number of aromatic nitrogens is 2. The molecule has 1 aromatic heterocycles. The number of hydrogen-bond acceptors (Lipinski definition) is 2. The van der Waals surface area contributed by atoms with Crippen molar-refractivity contribution in [3.8, 4) is 0 Å². The molecule has 0 saturated heterocycles. The largest absolute Gasteiger partial charge is 0.315 e. The Morgan fingerprint density at radius 2 is 2.12 bits per heavy atom. The molecule has 0 aliphatic rings. The molecule has 0 radical (unpaired) electrons. The minimum absolute atomic E-state index is 0.514. The number of hydrogen-bond donors (Lipinski definition) is 1. The van der Waals surface area contributed by atoms with Gasteiger partial charge in [0.25, 0.3) is 0 Å². The molecule has 0 aliphatic carbocycles. The smallest absolute Gasteiger partial charge is 0.0625 e. The van der Waals surface area contributed by atoms with Crippen molar-refractivity contribution >= 4 is 0 Å². The van der Waals surface area contributed by atoms with Crippen LogP contribution in [0.25, 0.3) is 0 Å². The lowest BCUT2D eigenvalue weighted by Gasteiger charge is -2.11. The van der Waals surface area contributed by atoms with E-state index in [0.717, 1.165) is 25.8 Å². The lowest BCUT2D eigenvalue weighted by Crippen LogP contribution is -2.25. The minimum Gasteiger partial charge on any atom is -0.315 e. The van der Waals surface area contributed by atoms with Gasteiger partial charge in [0.05, 0.1) is 5.69 Å². The highest BCUT2D eigenvalue weighted by Crippen LogP contribution is 2.10. The molecule has 0 aliphatic heterocycles. The molecular formula is C13H25N3. The van der Waals surface area contributed by atoms with E-state index >= 15 is 0 Å². The van der Waals surface area contributed by atoms with Gasteiger partial charge in [-0.15, -0.1) is 0 Å². The van der Waals surface area contributed by atoms with Crippen molar-refractivity contribution in [1.82, 2.24) is 15.1 Å². The molecule has 0 aromatic carbocycles. The van der Waals surface area contributed by atoms with Crippen LogP contribution in [-0.2, 0) is 6.42 Å². The van der Waals surface area contributed by atoms with Crippen LogP contribution in [0.3, 0.4) is 0 Å². The second kappa shape index (κ2) is 6.69. The molecule has 3 heteroatoms. The van der Waals surface area contributed by atoms with Gasteiger partial charge in [-0.05, 0) is 45.7 Å². The van der Waals surface area contributed by atoms with Gasteiger partial charge in [-0.3, -0.25) is 4.68 Å². The Labute approximate surface area is 99.2 Å². The fourth-order valence-corrected chi connectivity index (χ4v) is 1.76. The standard InChI is InChI=1S/C13H25N3/c1-5-12(4)16-10-9-13(15-16)8-7-11(3)14-6-2/h9-12,14H,5-8H2,1-4H3. The second-order valence-corrected chi connectivity index (χ2v) is 4.54. The molecule has 1 N–H and O–H groups in total. The predicted octanol–water partition coefficient (Wildman–Crippen LogP) is 2.78. The molecule has 0 bridgehead atoms. The van der Waals surface area contributed by atoms with Gasteiger partial charge in [0.2, 0.25) is 0 Å². The van der Waals surface area contributed by atoms with Crippen LogP contribution in [0.4, 0.5) is 0 Å². The summed E-state index contributed by atoms with van der Waals surface area (Å²) >= 11 is 0. The van der Waals surface area contributed by atoms with E-state index < -0.39 is 0 Å². The first-order valence-electron chi connectivity index (χ1n) is 6.44. The van der Waals surface area contributed by atoms with E-state index in [1.165, 1.54) is 5.69 Å². The highest BCUT2D eigenvalue weighted by atomic mass is 15.3. The zero-order valence-corrected chi connectivity index (χ0v) is 11.0. The van der Waals surface area contributed by atoms with E-state index in [-0.39, 0.29) is 0 Å². The van der Waals surface area contributed by atoms with Gasteiger partial charge >= 0.3 is 0 Å². The summed E-state index contributed by atoms with van der Waals surface area (Å²) in [5, 5.41) is 8.02. The lowest BCUT2D eigenvalue weighted by atomic mass is 10.1. The predicted molar refractivity (Wildman–Crippen MR) is 68.7 cm³/mol. The van der Waals surface area contributed by atoms with Crippen LogP contribution in [0.5, 0.6) is 0 Å². The van der Waals surface area contributed by atoms with Gasteiger partial charge in [0.15, 0.2) is 0 Å². The summed E-state index contributed by atoms with van der Waals surface area (Å²) in [4.78, 5) is 0. The van der Waals surface area contributed by atoms with Crippen LogP contribution in [0.1, 0.15) is 52.3 Å². The SMILES string of the molecule is CCNC(C)CCc1ccn(C(C)CC)n1. The molecule has 2 unspecified atom stereocenters. The molecular weight excluding hydrogens is 198 g/mol. The second-order valence-electron chi connectivity index (χ2n) is 4.54. The Balaban J connectivity index is 2.40. The van der Waals surface area contributed by atoms with Crippen LogP contribution >= 0.6 is 0 Å². The van der Waals surface area contributed by atoms with Gasteiger partial charge in [-0.2, -0.15) is 5.10 Å². The first-order chi connectivity index (χ1) is 7.67. The first kappa shape index (κ1) is 13.2. The quantitative estimate of drug-likeness (QED) is 0.770. The zero-order valence-electron chi connectivity index (χ0n) is 11.0. The number of aryl methyl sites for hydroxylation is 1. The monoisotopic (exact) mass is 223 g/mol. The molecule has 0 saturated carbocycles. The van der Waals surface area contributed by atoms with E-state index in [4.69, 9.17) is 0 Å². The number of rotatable bonds is 7. The van der Waals surface area contributed by atoms with Crippen LogP contribution in [0.15, 0.2) is 12.3 Å². The maximum absolute atomic E-state index is 4.60. The molecule has 92 valence electrons. The number of nitrogens with zero attached hydrogens (tertiary/aromatic N) is 2. The molecule has 0 spiro atoms. The fourth-order valence-electron chi connectivity index (χ4n) is 1.76. The topological polar surface area (TPSA) is 29.9 Å². The van der Waals surface area contributed by atoms with Crippen LogP contribution in [-0.4, -0.2) is 22.4 Å². The summed E-state index contributed by atoms with van der Waals surface area (Å²) in [7, 11) is 0. The van der Waals surface area contributed by atoms with Crippen molar-refractivity contribution in [3.63, 3.8) is 0 Å². The molecule has 1 aromatic rings. The lowest BCUT2D eigenvalue weighted by molar-refractivity contribution is 0.469. The Kier molecular flexibility index (Phi) is 5.53. The van der Waals surface area contributed by atoms with Crippen molar-refractivity contribution in [2.75, 3.05) is 6.54 Å². The fraction of sp³-hybridized carbons (Fsp3) is 0.769. The number of nitrogens with one attached hydrogen (secondary N) is 1. The molecule has 0 amide bonds. The summed E-state index contributed by atoms with van der Waals surface area (Å²) in [6.45, 7) is 9.82. The van der Waals surface area contributed by atoms with E-state index in [9.17, 15) is 0 Å². The summed E-state index contributed by atoms with van der Waals surface area (Å²) in [5.74, 6) is 0. The summed E-state index contributed by atoms with van der Waals surface area (Å²) < 4.78 is 2.08. The van der Waals surface area contributed by atoms with E-state index in [2.05, 4.69) is 55.1 Å². The van der Waals surface area contributed by atoms with Crippen LogP contribution in [0, 0.1) is 0 Å².